The van der Waals surface area contributed by atoms with Gasteiger partial charge in [-0.1, -0.05) is 13.8 Å². The summed E-state index contributed by atoms with van der Waals surface area (Å²) in [4.78, 5) is 21.3. The maximum absolute atomic E-state index is 13.0. The second-order valence-electron chi connectivity index (χ2n) is 4.48. The van der Waals surface area contributed by atoms with Crippen LogP contribution in [0.25, 0.3) is 0 Å². The normalized spacial score (nSPS) is 12.4. The molecule has 98 valence electrons. The molecule has 0 heterocycles. The average Bonchev–Trinajstić information content (AvgIpc) is 2.25. The Labute approximate surface area is 103 Å². The van der Waals surface area contributed by atoms with Gasteiger partial charge in [0.1, 0.15) is 5.82 Å². The monoisotopic (exact) mass is 255 g/mol. The Bertz CT molecular complexity index is 473. The molecule has 0 aliphatic heterocycles. The van der Waals surface area contributed by atoms with E-state index in [9.17, 15) is 19.3 Å². The fourth-order valence-corrected chi connectivity index (χ4v) is 1.80. The van der Waals surface area contributed by atoms with Crippen molar-refractivity contribution < 1.29 is 19.2 Å². The second-order valence-corrected chi connectivity index (χ2v) is 4.48. The molecule has 1 aromatic carbocycles. The number of carboxylic acids is 1. The van der Waals surface area contributed by atoms with Crippen LogP contribution in [0.15, 0.2) is 18.2 Å². The molecule has 1 aromatic rings. The number of hydrogen-bond acceptors (Lipinski definition) is 3. The van der Waals surface area contributed by atoms with E-state index in [0.717, 1.165) is 12.1 Å². The molecule has 1 rings (SSSR count). The zero-order valence-electron chi connectivity index (χ0n) is 10.1. The van der Waals surface area contributed by atoms with E-state index in [1.165, 1.54) is 6.07 Å². The quantitative estimate of drug-likeness (QED) is 0.647. The van der Waals surface area contributed by atoms with Crippen LogP contribution in [-0.4, -0.2) is 16.0 Å². The average molecular weight is 255 g/mol. The van der Waals surface area contributed by atoms with Crippen LogP contribution in [0.4, 0.5) is 10.1 Å². The third kappa shape index (κ3) is 3.26. The van der Waals surface area contributed by atoms with E-state index in [-0.39, 0.29) is 17.9 Å². The van der Waals surface area contributed by atoms with Gasteiger partial charge in [-0.15, -0.1) is 0 Å². The van der Waals surface area contributed by atoms with Gasteiger partial charge in [-0.2, -0.15) is 0 Å². The molecule has 0 spiro atoms. The smallest absolute Gasteiger partial charge is 0.311 e. The number of hydrogen-bond donors (Lipinski definition) is 1. The number of nitrogens with zero attached hydrogens (tertiary/aromatic N) is 1. The maximum Gasteiger partial charge on any atom is 0.311 e. The molecule has 5 nitrogen and oxygen atoms in total. The van der Waals surface area contributed by atoms with Crippen molar-refractivity contribution in [1.29, 1.82) is 0 Å². The molecule has 0 saturated heterocycles. The van der Waals surface area contributed by atoms with Crippen molar-refractivity contribution in [3.8, 4) is 0 Å². The Morgan fingerprint density at radius 1 is 1.50 bits per heavy atom. The highest BCUT2D eigenvalue weighted by Crippen LogP contribution is 2.32. The fourth-order valence-electron chi connectivity index (χ4n) is 1.80. The van der Waals surface area contributed by atoms with Crippen LogP contribution in [0.1, 0.15) is 31.7 Å². The summed E-state index contributed by atoms with van der Waals surface area (Å²) in [5.74, 6) is -2.82. The van der Waals surface area contributed by atoms with Gasteiger partial charge in [-0.3, -0.25) is 14.9 Å². The SMILES string of the molecule is CC(C)CC(C(=O)O)c1ccc(F)cc1[N+](=O)[O-]. The predicted molar refractivity (Wildman–Crippen MR) is 62.9 cm³/mol. The molecule has 18 heavy (non-hydrogen) atoms. The van der Waals surface area contributed by atoms with Crippen LogP contribution in [0.5, 0.6) is 0 Å². The number of carbonyl (C=O) groups is 1. The molecule has 1 unspecified atom stereocenters. The molecule has 0 radical (unpaired) electrons. The number of rotatable bonds is 5. The van der Waals surface area contributed by atoms with Gasteiger partial charge in [0, 0.05) is 5.56 Å². The summed E-state index contributed by atoms with van der Waals surface area (Å²) in [5, 5.41) is 20.0. The van der Waals surface area contributed by atoms with Crippen LogP contribution in [-0.2, 0) is 4.79 Å². The molecule has 1 atom stereocenters. The van der Waals surface area contributed by atoms with Crippen molar-refractivity contribution in [3.05, 3.63) is 39.7 Å². The Kier molecular flexibility index (Phi) is 4.36. The van der Waals surface area contributed by atoms with Crippen LogP contribution in [0.3, 0.4) is 0 Å². The van der Waals surface area contributed by atoms with Gasteiger partial charge in [0.05, 0.1) is 16.9 Å². The number of carboxylic acid groups (broad SMARTS) is 1. The molecule has 6 heteroatoms. The van der Waals surface area contributed by atoms with Crippen molar-refractivity contribution in [2.24, 2.45) is 5.92 Å². The van der Waals surface area contributed by atoms with E-state index < -0.39 is 28.3 Å². The van der Waals surface area contributed by atoms with Gasteiger partial charge >= 0.3 is 5.97 Å². The summed E-state index contributed by atoms with van der Waals surface area (Å²) in [6, 6.07) is 2.97. The number of aliphatic carboxylic acids is 1. The number of nitro groups is 1. The minimum Gasteiger partial charge on any atom is -0.481 e. The van der Waals surface area contributed by atoms with Crippen molar-refractivity contribution in [3.63, 3.8) is 0 Å². The Morgan fingerprint density at radius 3 is 2.56 bits per heavy atom. The molecular weight excluding hydrogens is 241 g/mol. The van der Waals surface area contributed by atoms with Crippen LogP contribution in [0, 0.1) is 21.8 Å². The molecule has 0 aliphatic carbocycles. The van der Waals surface area contributed by atoms with E-state index in [2.05, 4.69) is 0 Å². The standard InChI is InChI=1S/C12H14FNO4/c1-7(2)5-10(12(15)16)9-4-3-8(13)6-11(9)14(17)18/h3-4,6-7,10H,5H2,1-2H3,(H,15,16). The van der Waals surface area contributed by atoms with Gasteiger partial charge in [-0.05, 0) is 24.5 Å². The molecule has 0 bridgehead atoms. The molecule has 0 aromatic heterocycles. The summed E-state index contributed by atoms with van der Waals surface area (Å²) >= 11 is 0. The summed E-state index contributed by atoms with van der Waals surface area (Å²) < 4.78 is 13.0. The van der Waals surface area contributed by atoms with Gasteiger partial charge in [-0.25, -0.2) is 4.39 Å². The predicted octanol–water partition coefficient (Wildman–Crippen LogP) is 2.95. The summed E-state index contributed by atoms with van der Waals surface area (Å²) in [7, 11) is 0. The van der Waals surface area contributed by atoms with E-state index >= 15 is 0 Å². The first-order chi connectivity index (χ1) is 8.32. The van der Waals surface area contributed by atoms with Crippen molar-refractivity contribution in [2.45, 2.75) is 26.2 Å². The largest absolute Gasteiger partial charge is 0.481 e. The third-order valence-corrected chi connectivity index (χ3v) is 2.57. The molecule has 0 aliphatic rings. The maximum atomic E-state index is 13.0. The zero-order valence-corrected chi connectivity index (χ0v) is 10.1. The lowest BCUT2D eigenvalue weighted by atomic mass is 9.89. The van der Waals surface area contributed by atoms with E-state index in [4.69, 9.17) is 5.11 Å². The topological polar surface area (TPSA) is 80.4 Å². The van der Waals surface area contributed by atoms with Gasteiger partial charge < -0.3 is 5.11 Å². The van der Waals surface area contributed by atoms with Crippen molar-refractivity contribution in [1.82, 2.24) is 0 Å². The van der Waals surface area contributed by atoms with Crippen molar-refractivity contribution >= 4 is 11.7 Å². The van der Waals surface area contributed by atoms with Gasteiger partial charge in [0.2, 0.25) is 0 Å². The Morgan fingerprint density at radius 2 is 2.11 bits per heavy atom. The van der Waals surface area contributed by atoms with E-state index in [1.807, 2.05) is 13.8 Å². The highest BCUT2D eigenvalue weighted by atomic mass is 19.1. The summed E-state index contributed by atoms with van der Waals surface area (Å²) in [5.41, 5.74) is -0.439. The van der Waals surface area contributed by atoms with Crippen LogP contribution in [0.2, 0.25) is 0 Å². The minimum absolute atomic E-state index is 0.0441. The fraction of sp³-hybridized carbons (Fsp3) is 0.417. The highest BCUT2D eigenvalue weighted by Gasteiger charge is 2.28. The molecular formula is C12H14FNO4. The Balaban J connectivity index is 3.27. The van der Waals surface area contributed by atoms with Crippen molar-refractivity contribution in [2.75, 3.05) is 0 Å². The second kappa shape index (κ2) is 5.57. The first-order valence-electron chi connectivity index (χ1n) is 5.49. The number of nitro benzene ring substituents is 1. The third-order valence-electron chi connectivity index (χ3n) is 2.57. The first-order valence-corrected chi connectivity index (χ1v) is 5.49. The molecule has 1 N–H and O–H groups in total. The van der Waals surface area contributed by atoms with Gasteiger partial charge in [0.25, 0.3) is 5.69 Å². The van der Waals surface area contributed by atoms with Gasteiger partial charge in [0.15, 0.2) is 0 Å². The Hall–Kier alpha value is -1.98. The molecule has 0 saturated carbocycles. The first kappa shape index (κ1) is 14.1. The zero-order chi connectivity index (χ0) is 13.9. The lowest BCUT2D eigenvalue weighted by molar-refractivity contribution is -0.385. The summed E-state index contributed by atoms with van der Waals surface area (Å²) in [6.07, 6.45) is 0.266. The molecule has 0 amide bonds. The minimum atomic E-state index is -1.14. The lowest BCUT2D eigenvalue weighted by Crippen LogP contribution is -2.15. The summed E-state index contributed by atoms with van der Waals surface area (Å²) in [6.45, 7) is 3.65. The lowest BCUT2D eigenvalue weighted by Gasteiger charge is -2.15. The van der Waals surface area contributed by atoms with Crippen LogP contribution >= 0.6 is 0 Å². The highest BCUT2D eigenvalue weighted by molar-refractivity contribution is 5.77. The van der Waals surface area contributed by atoms with E-state index in [1.54, 1.807) is 0 Å². The van der Waals surface area contributed by atoms with Crippen LogP contribution < -0.4 is 0 Å². The van der Waals surface area contributed by atoms with E-state index in [0.29, 0.717) is 0 Å². The molecule has 0 fully saturated rings. The number of halogens is 1. The number of benzene rings is 1.